The molecular weight excluding hydrogens is 263 g/mol. The summed E-state index contributed by atoms with van der Waals surface area (Å²) in [5.74, 6) is 0.448. The van der Waals surface area contributed by atoms with Gasteiger partial charge < -0.3 is 4.74 Å². The zero-order valence-corrected chi connectivity index (χ0v) is 9.94. The van der Waals surface area contributed by atoms with E-state index in [4.69, 9.17) is 4.74 Å². The van der Waals surface area contributed by atoms with Crippen LogP contribution in [0.15, 0.2) is 18.2 Å². The SMILES string of the molecule is O=[N+]([O-])c1ccc2c(c1)CC[C@@H](CCC(F)(F)F)O2. The molecule has 0 N–H and O–H groups in total. The first-order valence-electron chi connectivity index (χ1n) is 5.86. The van der Waals surface area contributed by atoms with E-state index in [1.807, 2.05) is 0 Å². The molecule has 0 unspecified atom stereocenters. The van der Waals surface area contributed by atoms with Crippen LogP contribution in [-0.4, -0.2) is 17.2 Å². The lowest BCUT2D eigenvalue weighted by Crippen LogP contribution is -2.24. The van der Waals surface area contributed by atoms with E-state index in [9.17, 15) is 23.3 Å². The summed E-state index contributed by atoms with van der Waals surface area (Å²) in [6, 6.07) is 4.16. The molecule has 19 heavy (non-hydrogen) atoms. The third kappa shape index (κ3) is 3.59. The maximum Gasteiger partial charge on any atom is 0.389 e. The standard InChI is InChI=1S/C12H12F3NO3/c13-12(14,15)6-5-10-3-1-8-7-9(16(17)18)2-4-11(8)19-10/h2,4,7,10H,1,3,5-6H2/t10-/m0/s1. The van der Waals surface area contributed by atoms with Crippen LogP contribution in [0.25, 0.3) is 0 Å². The van der Waals surface area contributed by atoms with Crippen molar-refractivity contribution in [3.8, 4) is 5.75 Å². The largest absolute Gasteiger partial charge is 0.490 e. The molecule has 0 saturated heterocycles. The van der Waals surface area contributed by atoms with Crippen molar-refractivity contribution in [1.29, 1.82) is 0 Å². The van der Waals surface area contributed by atoms with E-state index in [1.54, 1.807) is 0 Å². The van der Waals surface area contributed by atoms with Gasteiger partial charge in [0.05, 0.1) is 11.0 Å². The van der Waals surface area contributed by atoms with Crippen molar-refractivity contribution in [1.82, 2.24) is 0 Å². The van der Waals surface area contributed by atoms with E-state index in [-0.39, 0.29) is 12.1 Å². The minimum atomic E-state index is -4.18. The van der Waals surface area contributed by atoms with Gasteiger partial charge in [0, 0.05) is 24.1 Å². The predicted octanol–water partition coefficient (Wildman–Crippen LogP) is 3.63. The quantitative estimate of drug-likeness (QED) is 0.625. The number of non-ortho nitro benzene ring substituents is 1. The lowest BCUT2D eigenvalue weighted by molar-refractivity contribution is -0.385. The van der Waals surface area contributed by atoms with Crippen molar-refractivity contribution >= 4 is 5.69 Å². The number of nitro groups is 1. The molecule has 1 aromatic rings. The summed E-state index contributed by atoms with van der Waals surface area (Å²) < 4.78 is 41.8. The molecule has 0 aromatic heterocycles. The van der Waals surface area contributed by atoms with Gasteiger partial charge in [-0.3, -0.25) is 10.1 Å². The molecular formula is C12H12F3NO3. The fraction of sp³-hybridized carbons (Fsp3) is 0.500. The van der Waals surface area contributed by atoms with Crippen LogP contribution in [0, 0.1) is 10.1 Å². The van der Waals surface area contributed by atoms with Crippen LogP contribution in [0.5, 0.6) is 5.75 Å². The monoisotopic (exact) mass is 275 g/mol. The zero-order valence-electron chi connectivity index (χ0n) is 9.94. The van der Waals surface area contributed by atoms with E-state index in [0.717, 1.165) is 0 Å². The van der Waals surface area contributed by atoms with Gasteiger partial charge in [0.15, 0.2) is 0 Å². The third-order valence-corrected chi connectivity index (χ3v) is 3.03. The molecule has 4 nitrogen and oxygen atoms in total. The van der Waals surface area contributed by atoms with Gasteiger partial charge in [-0.25, -0.2) is 0 Å². The Labute approximate surface area is 107 Å². The topological polar surface area (TPSA) is 52.4 Å². The number of fused-ring (bicyclic) bond motifs is 1. The zero-order chi connectivity index (χ0) is 14.0. The Bertz CT molecular complexity index is 488. The average molecular weight is 275 g/mol. The lowest BCUT2D eigenvalue weighted by atomic mass is 9.99. The minimum Gasteiger partial charge on any atom is -0.490 e. The number of alkyl halides is 3. The number of hydrogen-bond donors (Lipinski definition) is 0. The number of ether oxygens (including phenoxy) is 1. The van der Waals surface area contributed by atoms with Gasteiger partial charge in [0.1, 0.15) is 5.75 Å². The fourth-order valence-electron chi connectivity index (χ4n) is 2.07. The van der Waals surface area contributed by atoms with Crippen molar-refractivity contribution < 1.29 is 22.8 Å². The van der Waals surface area contributed by atoms with Gasteiger partial charge in [0.2, 0.25) is 0 Å². The second-order valence-corrected chi connectivity index (χ2v) is 4.48. The minimum absolute atomic E-state index is 0.0314. The van der Waals surface area contributed by atoms with E-state index in [2.05, 4.69) is 0 Å². The maximum atomic E-state index is 12.1. The predicted molar refractivity (Wildman–Crippen MR) is 61.1 cm³/mol. The molecule has 104 valence electrons. The van der Waals surface area contributed by atoms with E-state index in [1.165, 1.54) is 18.2 Å². The highest BCUT2D eigenvalue weighted by molar-refractivity contribution is 5.44. The third-order valence-electron chi connectivity index (χ3n) is 3.03. The molecule has 0 radical (unpaired) electrons. The van der Waals surface area contributed by atoms with E-state index >= 15 is 0 Å². The second kappa shape index (κ2) is 5.07. The molecule has 1 aromatic carbocycles. The van der Waals surface area contributed by atoms with Gasteiger partial charge in [0.25, 0.3) is 5.69 Å². The molecule has 1 atom stereocenters. The highest BCUT2D eigenvalue weighted by Gasteiger charge is 2.30. The normalized spacial score (nSPS) is 18.6. The molecule has 1 aliphatic heterocycles. The van der Waals surface area contributed by atoms with Crippen molar-refractivity contribution in [3.63, 3.8) is 0 Å². The van der Waals surface area contributed by atoms with Crippen molar-refractivity contribution in [2.24, 2.45) is 0 Å². The number of nitro benzene ring substituents is 1. The first-order chi connectivity index (χ1) is 8.85. The van der Waals surface area contributed by atoms with Crippen molar-refractivity contribution in [2.45, 2.75) is 38.0 Å². The van der Waals surface area contributed by atoms with Gasteiger partial charge in [-0.05, 0) is 25.3 Å². The van der Waals surface area contributed by atoms with Crippen molar-refractivity contribution in [3.05, 3.63) is 33.9 Å². The molecule has 0 aliphatic carbocycles. The molecule has 0 amide bonds. The molecule has 0 bridgehead atoms. The van der Waals surface area contributed by atoms with E-state index in [0.29, 0.717) is 24.2 Å². The Morgan fingerprint density at radius 2 is 2.16 bits per heavy atom. The summed E-state index contributed by atoms with van der Waals surface area (Å²) in [7, 11) is 0. The first kappa shape index (κ1) is 13.6. The van der Waals surface area contributed by atoms with Gasteiger partial charge in [-0.2, -0.15) is 13.2 Å². The summed E-state index contributed by atoms with van der Waals surface area (Å²) in [5, 5.41) is 10.6. The summed E-state index contributed by atoms with van der Waals surface area (Å²) >= 11 is 0. The number of rotatable bonds is 3. The summed E-state index contributed by atoms with van der Waals surface area (Å²) in [4.78, 5) is 10.1. The first-order valence-corrected chi connectivity index (χ1v) is 5.86. The number of aryl methyl sites for hydroxylation is 1. The number of halogens is 3. The van der Waals surface area contributed by atoms with Gasteiger partial charge in [-0.1, -0.05) is 0 Å². The van der Waals surface area contributed by atoms with Crippen LogP contribution in [-0.2, 0) is 6.42 Å². The number of nitrogens with zero attached hydrogens (tertiary/aromatic N) is 1. The lowest BCUT2D eigenvalue weighted by Gasteiger charge is -2.26. The summed E-state index contributed by atoms with van der Waals surface area (Å²) in [6.07, 6.45) is -4.67. The molecule has 0 fully saturated rings. The molecule has 1 aliphatic rings. The highest BCUT2D eigenvalue weighted by atomic mass is 19.4. The maximum absolute atomic E-state index is 12.1. The average Bonchev–Trinajstić information content (AvgIpc) is 2.34. The van der Waals surface area contributed by atoms with Gasteiger partial charge >= 0.3 is 6.18 Å². The summed E-state index contributed by atoms with van der Waals surface area (Å²) in [6.45, 7) is 0. The molecule has 0 spiro atoms. The van der Waals surface area contributed by atoms with Crippen LogP contribution in [0.4, 0.5) is 18.9 Å². The molecule has 1 heterocycles. The van der Waals surface area contributed by atoms with Crippen LogP contribution >= 0.6 is 0 Å². The fourth-order valence-corrected chi connectivity index (χ4v) is 2.07. The number of hydrogen-bond acceptors (Lipinski definition) is 3. The number of benzene rings is 1. The molecule has 0 saturated carbocycles. The van der Waals surface area contributed by atoms with Crippen LogP contribution in [0.3, 0.4) is 0 Å². The Morgan fingerprint density at radius 1 is 1.42 bits per heavy atom. The molecule has 2 rings (SSSR count). The Morgan fingerprint density at radius 3 is 2.79 bits per heavy atom. The van der Waals surface area contributed by atoms with Gasteiger partial charge in [-0.15, -0.1) is 0 Å². The highest BCUT2D eigenvalue weighted by Crippen LogP contribution is 2.33. The van der Waals surface area contributed by atoms with Crippen LogP contribution in [0.1, 0.15) is 24.8 Å². The van der Waals surface area contributed by atoms with Crippen molar-refractivity contribution in [2.75, 3.05) is 0 Å². The van der Waals surface area contributed by atoms with Crippen LogP contribution in [0.2, 0.25) is 0 Å². The van der Waals surface area contributed by atoms with E-state index < -0.39 is 23.6 Å². The Balaban J connectivity index is 2.02. The smallest absolute Gasteiger partial charge is 0.389 e. The Kier molecular flexibility index (Phi) is 3.64. The second-order valence-electron chi connectivity index (χ2n) is 4.48. The summed E-state index contributed by atoms with van der Waals surface area (Å²) in [5.41, 5.74) is 0.647. The molecule has 7 heteroatoms. The van der Waals surface area contributed by atoms with Crippen LogP contribution < -0.4 is 4.74 Å². The Hall–Kier alpha value is -1.79.